The molecule has 148 valence electrons. The number of nitrogens with one attached hydrogen (secondary N) is 1. The highest BCUT2D eigenvalue weighted by Crippen LogP contribution is 2.21. The molecule has 0 spiro atoms. The van der Waals surface area contributed by atoms with Gasteiger partial charge in [-0.25, -0.2) is 13.8 Å². The highest BCUT2D eigenvalue weighted by Gasteiger charge is 2.18. The molecule has 1 heterocycles. The summed E-state index contributed by atoms with van der Waals surface area (Å²) < 4.78 is 25.8. The summed E-state index contributed by atoms with van der Waals surface area (Å²) in [7, 11) is -3.49. The van der Waals surface area contributed by atoms with Crippen LogP contribution >= 0.6 is 0 Å². The van der Waals surface area contributed by atoms with Gasteiger partial charge in [-0.05, 0) is 47.5 Å². The smallest absolute Gasteiger partial charge is 0.267 e. The maximum absolute atomic E-state index is 12.3. The fraction of sp³-hybridized carbons (Fsp3) is 0.0952. The lowest BCUT2D eigenvalue weighted by Gasteiger charge is -2.22. The molecule has 2 aromatic carbocycles. The zero-order chi connectivity index (χ0) is 20.7. The molecule has 1 aromatic heterocycles. The van der Waals surface area contributed by atoms with E-state index >= 15 is 0 Å². The van der Waals surface area contributed by atoms with Gasteiger partial charge in [-0.3, -0.25) is 14.1 Å². The number of carbonyl (C=O) groups excluding carboxylic acids is 1. The Morgan fingerprint density at radius 1 is 1.03 bits per heavy atom. The molecule has 3 rings (SSSR count). The number of pyridine rings is 1. The first-order valence-corrected chi connectivity index (χ1v) is 10.6. The minimum Gasteiger partial charge on any atom is -0.267 e. The summed E-state index contributed by atoms with van der Waals surface area (Å²) in [6.45, 7) is 0.210. The van der Waals surface area contributed by atoms with Crippen LogP contribution in [0.15, 0.2) is 84.2 Å². The number of anilines is 1. The van der Waals surface area contributed by atoms with Gasteiger partial charge in [0.15, 0.2) is 0 Å². The molecular weight excluding hydrogens is 388 g/mol. The Morgan fingerprint density at radius 3 is 2.31 bits per heavy atom. The van der Waals surface area contributed by atoms with E-state index in [1.54, 1.807) is 48.8 Å². The Kier molecular flexibility index (Phi) is 6.36. The summed E-state index contributed by atoms with van der Waals surface area (Å²) in [6, 6.07) is 19.2. The second kappa shape index (κ2) is 9.11. The molecule has 0 aliphatic heterocycles. The molecule has 3 aromatic rings. The monoisotopic (exact) mass is 408 g/mol. The molecule has 0 atom stereocenters. The number of nitrogens with zero attached hydrogens (tertiary/aromatic N) is 3. The Labute approximate surface area is 169 Å². The predicted octanol–water partition coefficient (Wildman–Crippen LogP) is 2.81. The van der Waals surface area contributed by atoms with Crippen molar-refractivity contribution < 1.29 is 13.2 Å². The van der Waals surface area contributed by atoms with Crippen LogP contribution in [0.2, 0.25) is 0 Å². The summed E-state index contributed by atoms with van der Waals surface area (Å²) in [6.07, 6.45) is 5.93. The van der Waals surface area contributed by atoms with E-state index < -0.39 is 15.9 Å². The average Bonchev–Trinajstić information content (AvgIpc) is 2.73. The number of hydrogen-bond acceptors (Lipinski definition) is 5. The highest BCUT2D eigenvalue weighted by atomic mass is 32.2. The first-order valence-electron chi connectivity index (χ1n) is 8.78. The second-order valence-electron chi connectivity index (χ2n) is 6.28. The number of sulfonamides is 1. The van der Waals surface area contributed by atoms with Crippen molar-refractivity contribution in [2.45, 2.75) is 6.54 Å². The Balaban J connectivity index is 1.71. The van der Waals surface area contributed by atoms with Gasteiger partial charge in [0.05, 0.1) is 24.7 Å². The molecule has 0 saturated carbocycles. The van der Waals surface area contributed by atoms with Gasteiger partial charge in [-0.15, -0.1) is 0 Å². The standard InChI is InChI=1S/C21H20N4O3S/c1-29(27,28)25(16-18-5-3-2-4-6-18)20-9-7-19(8-10-20)21(26)24-23-15-17-11-13-22-14-12-17/h2-15H,16H2,1H3,(H,24,26)/b23-15-. The molecule has 0 saturated heterocycles. The SMILES string of the molecule is CS(=O)(=O)N(Cc1ccccc1)c1ccc(C(=O)N/N=C\c2ccncc2)cc1. The van der Waals surface area contributed by atoms with Gasteiger partial charge in [0.25, 0.3) is 5.91 Å². The van der Waals surface area contributed by atoms with Gasteiger partial charge in [-0.2, -0.15) is 5.10 Å². The van der Waals surface area contributed by atoms with E-state index in [2.05, 4.69) is 15.5 Å². The Hall–Kier alpha value is -3.52. The molecule has 0 radical (unpaired) electrons. The third-order valence-electron chi connectivity index (χ3n) is 4.07. The summed E-state index contributed by atoms with van der Waals surface area (Å²) in [5.74, 6) is -0.393. The lowest BCUT2D eigenvalue weighted by atomic mass is 10.2. The van der Waals surface area contributed by atoms with Gasteiger partial charge in [0, 0.05) is 18.0 Å². The minimum absolute atomic E-state index is 0.210. The number of aromatic nitrogens is 1. The second-order valence-corrected chi connectivity index (χ2v) is 8.19. The third kappa shape index (κ3) is 5.73. The van der Waals surface area contributed by atoms with Gasteiger partial charge in [0.1, 0.15) is 0 Å². The van der Waals surface area contributed by atoms with Crippen LogP contribution in [-0.2, 0) is 16.6 Å². The van der Waals surface area contributed by atoms with Gasteiger partial charge in [-0.1, -0.05) is 30.3 Å². The summed E-state index contributed by atoms with van der Waals surface area (Å²) >= 11 is 0. The first kappa shape index (κ1) is 20.2. The fourth-order valence-electron chi connectivity index (χ4n) is 2.61. The van der Waals surface area contributed by atoms with Gasteiger partial charge < -0.3 is 0 Å². The average molecular weight is 408 g/mol. The Bertz CT molecular complexity index is 1080. The lowest BCUT2D eigenvalue weighted by Crippen LogP contribution is -2.29. The van der Waals surface area contributed by atoms with Crippen molar-refractivity contribution in [3.8, 4) is 0 Å². The predicted molar refractivity (Wildman–Crippen MR) is 113 cm³/mol. The zero-order valence-electron chi connectivity index (χ0n) is 15.8. The maximum atomic E-state index is 12.3. The van der Waals surface area contributed by atoms with Crippen molar-refractivity contribution in [2.24, 2.45) is 5.10 Å². The largest absolute Gasteiger partial charge is 0.271 e. The van der Waals surface area contributed by atoms with E-state index in [9.17, 15) is 13.2 Å². The van der Waals surface area contributed by atoms with Crippen LogP contribution < -0.4 is 9.73 Å². The summed E-state index contributed by atoms with van der Waals surface area (Å²) in [4.78, 5) is 16.1. The van der Waals surface area contributed by atoms with Crippen LogP contribution in [0.1, 0.15) is 21.5 Å². The van der Waals surface area contributed by atoms with Crippen molar-refractivity contribution >= 4 is 27.8 Å². The van der Waals surface area contributed by atoms with E-state index in [1.165, 1.54) is 10.5 Å². The molecule has 29 heavy (non-hydrogen) atoms. The van der Waals surface area contributed by atoms with Crippen LogP contribution in [-0.4, -0.2) is 31.8 Å². The van der Waals surface area contributed by atoms with Gasteiger partial charge in [0.2, 0.25) is 10.0 Å². The minimum atomic E-state index is -3.49. The molecule has 0 fully saturated rings. The van der Waals surface area contributed by atoms with E-state index in [0.717, 1.165) is 17.4 Å². The molecule has 7 nitrogen and oxygen atoms in total. The number of hydrazone groups is 1. The topological polar surface area (TPSA) is 91.7 Å². The number of benzene rings is 2. The molecule has 8 heteroatoms. The van der Waals surface area contributed by atoms with Crippen molar-refractivity contribution in [2.75, 3.05) is 10.6 Å². The Morgan fingerprint density at radius 2 is 1.69 bits per heavy atom. The number of rotatable bonds is 7. The van der Waals surface area contributed by atoms with Crippen LogP contribution in [0, 0.1) is 0 Å². The van der Waals surface area contributed by atoms with Crippen LogP contribution in [0.4, 0.5) is 5.69 Å². The molecule has 0 aliphatic rings. The molecular formula is C21H20N4O3S. The normalized spacial score (nSPS) is 11.3. The molecule has 0 unspecified atom stereocenters. The summed E-state index contributed by atoms with van der Waals surface area (Å²) in [5, 5.41) is 3.91. The van der Waals surface area contributed by atoms with Crippen molar-refractivity contribution in [1.82, 2.24) is 10.4 Å². The van der Waals surface area contributed by atoms with Crippen LogP contribution in [0.5, 0.6) is 0 Å². The molecule has 1 amide bonds. The highest BCUT2D eigenvalue weighted by molar-refractivity contribution is 7.92. The summed E-state index contributed by atoms with van der Waals surface area (Å²) in [5.41, 5.74) is 4.97. The van der Waals surface area contributed by atoms with Crippen molar-refractivity contribution in [3.05, 3.63) is 95.8 Å². The molecule has 1 N–H and O–H groups in total. The fourth-order valence-corrected chi connectivity index (χ4v) is 3.50. The third-order valence-corrected chi connectivity index (χ3v) is 5.21. The van der Waals surface area contributed by atoms with Crippen LogP contribution in [0.25, 0.3) is 0 Å². The quantitative estimate of drug-likeness (QED) is 0.481. The lowest BCUT2D eigenvalue weighted by molar-refractivity contribution is 0.0955. The van der Waals surface area contributed by atoms with Crippen molar-refractivity contribution in [3.63, 3.8) is 0 Å². The first-order chi connectivity index (χ1) is 13.9. The molecule has 0 aliphatic carbocycles. The molecule has 0 bridgehead atoms. The van der Waals surface area contributed by atoms with E-state index in [4.69, 9.17) is 0 Å². The van der Waals surface area contributed by atoms with E-state index in [-0.39, 0.29) is 6.54 Å². The number of hydrogen-bond donors (Lipinski definition) is 1. The number of amides is 1. The maximum Gasteiger partial charge on any atom is 0.271 e. The van der Waals surface area contributed by atoms with Gasteiger partial charge >= 0.3 is 0 Å². The van der Waals surface area contributed by atoms with Crippen molar-refractivity contribution in [1.29, 1.82) is 0 Å². The van der Waals surface area contributed by atoms with E-state index in [0.29, 0.717) is 11.3 Å². The van der Waals surface area contributed by atoms with Crippen LogP contribution in [0.3, 0.4) is 0 Å². The van der Waals surface area contributed by atoms with E-state index in [1.807, 2.05) is 30.3 Å². The number of carbonyl (C=O) groups is 1. The zero-order valence-corrected chi connectivity index (χ0v) is 16.6.